The van der Waals surface area contributed by atoms with E-state index in [0.717, 1.165) is 11.3 Å². The van der Waals surface area contributed by atoms with E-state index in [4.69, 9.17) is 0 Å². The van der Waals surface area contributed by atoms with Crippen molar-refractivity contribution in [2.75, 3.05) is 23.9 Å². The molecule has 0 aromatic heterocycles. The predicted molar refractivity (Wildman–Crippen MR) is 111 cm³/mol. The number of aliphatic hydroxyl groups excluding tert-OH is 1. The fourth-order valence-corrected chi connectivity index (χ4v) is 3.72. The van der Waals surface area contributed by atoms with Crippen LogP contribution in [0.1, 0.15) is 29.8 Å². The topological polar surface area (TPSA) is 81.7 Å². The highest BCUT2D eigenvalue weighted by Crippen LogP contribution is 2.30. The van der Waals surface area contributed by atoms with Crippen molar-refractivity contribution in [3.63, 3.8) is 0 Å². The van der Waals surface area contributed by atoms with Gasteiger partial charge >= 0.3 is 0 Å². The summed E-state index contributed by atoms with van der Waals surface area (Å²) in [4.78, 5) is 27.2. The molecule has 0 radical (unpaired) electrons. The Kier molecular flexibility index (Phi) is 5.99. The summed E-state index contributed by atoms with van der Waals surface area (Å²) in [7, 11) is 1.89. The molecule has 1 aliphatic rings. The number of aliphatic hydroxyl groups is 1. The van der Waals surface area contributed by atoms with Crippen LogP contribution >= 0.6 is 0 Å². The Balaban J connectivity index is 1.95. The van der Waals surface area contributed by atoms with Gasteiger partial charge in [0.05, 0.1) is 12.6 Å². The van der Waals surface area contributed by atoms with Crippen molar-refractivity contribution in [1.82, 2.24) is 5.32 Å². The number of likely N-dealkylation sites (N-methyl/N-ethyl adjacent to an activating group) is 1. The van der Waals surface area contributed by atoms with E-state index >= 15 is 0 Å². The molecule has 0 saturated heterocycles. The van der Waals surface area contributed by atoms with E-state index in [2.05, 4.69) is 10.6 Å². The van der Waals surface area contributed by atoms with Crippen LogP contribution in [0, 0.1) is 5.92 Å². The molecule has 2 aromatic carbocycles. The summed E-state index contributed by atoms with van der Waals surface area (Å²) in [5.41, 5.74) is 3.16. The van der Waals surface area contributed by atoms with E-state index in [1.807, 2.05) is 62.2 Å². The van der Waals surface area contributed by atoms with Gasteiger partial charge in [0.25, 0.3) is 5.91 Å². The molecule has 0 spiro atoms. The van der Waals surface area contributed by atoms with Gasteiger partial charge in [0.1, 0.15) is 6.04 Å². The van der Waals surface area contributed by atoms with Crippen LogP contribution in [-0.4, -0.2) is 42.7 Å². The van der Waals surface area contributed by atoms with Crippen LogP contribution in [0.3, 0.4) is 0 Å². The van der Waals surface area contributed by atoms with Crippen LogP contribution in [0.25, 0.3) is 0 Å². The van der Waals surface area contributed by atoms with Gasteiger partial charge in [-0.3, -0.25) is 9.59 Å². The van der Waals surface area contributed by atoms with Crippen molar-refractivity contribution in [3.8, 4) is 0 Å². The zero-order valence-electron chi connectivity index (χ0n) is 16.5. The molecule has 1 aliphatic heterocycles. The maximum absolute atomic E-state index is 12.7. The lowest BCUT2D eigenvalue weighted by Gasteiger charge is -2.37. The zero-order chi connectivity index (χ0) is 20.3. The third kappa shape index (κ3) is 4.17. The van der Waals surface area contributed by atoms with Crippen molar-refractivity contribution in [2.45, 2.75) is 32.4 Å². The van der Waals surface area contributed by atoms with Gasteiger partial charge in [-0.2, -0.15) is 0 Å². The molecule has 3 rings (SSSR count). The maximum atomic E-state index is 12.7. The highest BCUT2D eigenvalue weighted by molar-refractivity contribution is 6.04. The third-order valence-electron chi connectivity index (χ3n) is 5.11. The minimum Gasteiger partial charge on any atom is -0.394 e. The van der Waals surface area contributed by atoms with Gasteiger partial charge in [0.15, 0.2) is 0 Å². The number of carbonyl (C=O) groups excluding carboxylic acids is 2. The van der Waals surface area contributed by atoms with Gasteiger partial charge in [0.2, 0.25) is 5.91 Å². The van der Waals surface area contributed by atoms with Crippen LogP contribution in [-0.2, 0) is 11.2 Å². The average molecular weight is 381 g/mol. The minimum absolute atomic E-state index is 0.0814. The molecule has 2 aromatic rings. The predicted octanol–water partition coefficient (Wildman–Crippen LogP) is 2.43. The van der Waals surface area contributed by atoms with Gasteiger partial charge < -0.3 is 20.6 Å². The second-order valence-electron chi connectivity index (χ2n) is 7.56. The number of nitrogens with zero attached hydrogens (tertiary/aromatic N) is 1. The average Bonchev–Trinajstić information content (AvgIpc) is 2.67. The molecule has 0 bridgehead atoms. The van der Waals surface area contributed by atoms with Crippen LogP contribution in [0.5, 0.6) is 0 Å². The van der Waals surface area contributed by atoms with Crippen molar-refractivity contribution >= 4 is 23.2 Å². The summed E-state index contributed by atoms with van der Waals surface area (Å²) >= 11 is 0. The first-order chi connectivity index (χ1) is 13.4. The lowest BCUT2D eigenvalue weighted by atomic mass is 9.95. The van der Waals surface area contributed by atoms with Gasteiger partial charge in [-0.1, -0.05) is 38.1 Å². The summed E-state index contributed by atoms with van der Waals surface area (Å²) in [5.74, 6) is -0.195. The first kappa shape index (κ1) is 19.9. The van der Waals surface area contributed by atoms with Crippen molar-refractivity contribution in [3.05, 3.63) is 59.7 Å². The first-order valence-corrected chi connectivity index (χ1v) is 9.54. The Labute approximate surface area is 165 Å². The zero-order valence-corrected chi connectivity index (χ0v) is 16.5. The van der Waals surface area contributed by atoms with Crippen LogP contribution in [0.2, 0.25) is 0 Å². The van der Waals surface area contributed by atoms with Crippen LogP contribution in [0.4, 0.5) is 11.4 Å². The molecule has 0 aliphatic carbocycles. The molecule has 148 valence electrons. The number of nitrogens with one attached hydrogen (secondary N) is 2. The fraction of sp³-hybridized carbons (Fsp3) is 0.364. The number of carbonyl (C=O) groups is 2. The van der Waals surface area contributed by atoms with Crippen LogP contribution in [0.15, 0.2) is 48.5 Å². The molecule has 28 heavy (non-hydrogen) atoms. The number of hydrogen-bond donors (Lipinski definition) is 3. The number of hydrogen-bond acceptors (Lipinski definition) is 4. The number of fused-ring (bicyclic) bond motifs is 1. The quantitative estimate of drug-likeness (QED) is 0.760. The molecule has 6 nitrogen and oxygen atoms in total. The normalized spacial score (nSPS) is 19.5. The molecule has 2 amide bonds. The third-order valence-corrected chi connectivity index (χ3v) is 5.11. The number of benzene rings is 2. The van der Waals surface area contributed by atoms with E-state index in [0.29, 0.717) is 17.7 Å². The molecular weight excluding hydrogens is 354 g/mol. The molecule has 1 unspecified atom stereocenters. The summed E-state index contributed by atoms with van der Waals surface area (Å²) in [6.07, 6.45) is 0.527. The largest absolute Gasteiger partial charge is 0.394 e. The Hall–Kier alpha value is -2.86. The van der Waals surface area contributed by atoms with Gasteiger partial charge in [-0.15, -0.1) is 0 Å². The number of rotatable bonds is 4. The molecular formula is C22H27N3O3. The van der Waals surface area contributed by atoms with Gasteiger partial charge in [-0.25, -0.2) is 0 Å². The molecule has 1 heterocycles. The molecule has 6 heteroatoms. The summed E-state index contributed by atoms with van der Waals surface area (Å²) in [6, 6.07) is 14.1. The van der Waals surface area contributed by atoms with Crippen molar-refractivity contribution in [2.24, 2.45) is 5.92 Å². The first-order valence-electron chi connectivity index (χ1n) is 9.54. The Morgan fingerprint density at radius 3 is 2.61 bits per heavy atom. The smallest absolute Gasteiger partial charge is 0.255 e. The lowest BCUT2D eigenvalue weighted by Crippen LogP contribution is -2.54. The van der Waals surface area contributed by atoms with Crippen LogP contribution < -0.4 is 15.5 Å². The van der Waals surface area contributed by atoms with Gasteiger partial charge in [0, 0.05) is 24.0 Å². The second-order valence-corrected chi connectivity index (χ2v) is 7.56. The standard InChI is InChI=1S/C22H27N3O3/c1-14(2)20-22(28)24-18(13-26)11-16-9-10-17(12-19(16)25(20)3)23-21(27)15-7-5-4-6-8-15/h4-10,12,14,18,20,26H,11,13H2,1-3H3,(H,23,27)(H,24,28)/t18-,20?/m0/s1. The Morgan fingerprint density at radius 2 is 1.96 bits per heavy atom. The monoisotopic (exact) mass is 381 g/mol. The van der Waals surface area contributed by atoms with E-state index in [9.17, 15) is 14.7 Å². The second kappa shape index (κ2) is 8.44. The fourth-order valence-electron chi connectivity index (χ4n) is 3.72. The SMILES string of the molecule is CC(C)C1C(=O)N[C@H](CO)Cc2ccc(NC(=O)c3ccccc3)cc2N1C. The lowest BCUT2D eigenvalue weighted by molar-refractivity contribution is -0.124. The van der Waals surface area contributed by atoms with Gasteiger partial charge in [-0.05, 0) is 42.2 Å². The highest BCUT2D eigenvalue weighted by atomic mass is 16.3. The summed E-state index contributed by atoms with van der Waals surface area (Å²) in [6.45, 7) is 3.88. The molecule has 3 N–H and O–H groups in total. The van der Waals surface area contributed by atoms with Crippen molar-refractivity contribution in [1.29, 1.82) is 0 Å². The van der Waals surface area contributed by atoms with E-state index in [1.165, 1.54) is 0 Å². The Bertz CT molecular complexity index is 851. The maximum Gasteiger partial charge on any atom is 0.255 e. The van der Waals surface area contributed by atoms with E-state index < -0.39 is 0 Å². The van der Waals surface area contributed by atoms with E-state index in [1.54, 1.807) is 12.1 Å². The summed E-state index contributed by atoms with van der Waals surface area (Å²) < 4.78 is 0. The highest BCUT2D eigenvalue weighted by Gasteiger charge is 2.32. The molecule has 2 atom stereocenters. The number of amides is 2. The number of anilines is 2. The molecule has 0 saturated carbocycles. The summed E-state index contributed by atoms with van der Waals surface area (Å²) in [5, 5.41) is 15.5. The minimum atomic E-state index is -0.367. The van der Waals surface area contributed by atoms with Crippen molar-refractivity contribution < 1.29 is 14.7 Å². The molecule has 0 fully saturated rings. The van der Waals surface area contributed by atoms with E-state index in [-0.39, 0.29) is 36.4 Å². The Morgan fingerprint density at radius 1 is 1.25 bits per heavy atom.